The molecule has 0 aliphatic heterocycles. The van der Waals surface area contributed by atoms with Gasteiger partial charge in [-0.2, -0.15) is 0 Å². The van der Waals surface area contributed by atoms with Gasteiger partial charge in [0.25, 0.3) is 0 Å². The van der Waals surface area contributed by atoms with Crippen LogP contribution in [0.4, 0.5) is 5.69 Å². The zero-order valence-corrected chi connectivity index (χ0v) is 24.4. The molecular formula is C27H38BrN3O4S. The molecule has 2 aromatic rings. The summed E-state index contributed by atoms with van der Waals surface area (Å²) in [5.74, 6) is -0.401. The van der Waals surface area contributed by atoms with Crippen molar-refractivity contribution in [2.24, 2.45) is 0 Å². The minimum atomic E-state index is -3.53. The summed E-state index contributed by atoms with van der Waals surface area (Å²) in [6.45, 7) is 9.95. The van der Waals surface area contributed by atoms with Crippen molar-refractivity contribution in [3.63, 3.8) is 0 Å². The van der Waals surface area contributed by atoms with E-state index >= 15 is 0 Å². The van der Waals surface area contributed by atoms with E-state index in [0.717, 1.165) is 27.6 Å². The second kappa shape index (κ2) is 13.2. The number of hydrogen-bond donors (Lipinski definition) is 1. The van der Waals surface area contributed by atoms with Gasteiger partial charge < -0.3 is 10.2 Å². The smallest absolute Gasteiger partial charge is 0.242 e. The van der Waals surface area contributed by atoms with Crippen molar-refractivity contribution < 1.29 is 18.0 Å². The molecule has 2 rings (SSSR count). The van der Waals surface area contributed by atoms with Crippen LogP contribution in [0, 0.1) is 13.8 Å². The van der Waals surface area contributed by atoms with Gasteiger partial charge in [0.2, 0.25) is 21.8 Å². The Morgan fingerprint density at radius 2 is 1.61 bits per heavy atom. The minimum absolute atomic E-state index is 0.00527. The van der Waals surface area contributed by atoms with Gasteiger partial charge in [-0.05, 0) is 81.5 Å². The molecule has 0 aliphatic carbocycles. The van der Waals surface area contributed by atoms with Crippen molar-refractivity contribution in [2.45, 2.75) is 72.5 Å². The molecule has 0 aliphatic rings. The van der Waals surface area contributed by atoms with Crippen LogP contribution in [0.5, 0.6) is 0 Å². The van der Waals surface area contributed by atoms with E-state index < -0.39 is 16.1 Å². The summed E-state index contributed by atoms with van der Waals surface area (Å²) in [5.41, 5.74) is 3.44. The largest absolute Gasteiger partial charge is 0.352 e. The second-order valence-electron chi connectivity index (χ2n) is 9.43. The van der Waals surface area contributed by atoms with E-state index in [1.165, 1.54) is 10.6 Å². The monoisotopic (exact) mass is 579 g/mol. The maximum Gasteiger partial charge on any atom is 0.242 e. The van der Waals surface area contributed by atoms with Gasteiger partial charge >= 0.3 is 0 Å². The van der Waals surface area contributed by atoms with Crippen LogP contribution < -0.4 is 9.62 Å². The number of hydrogen-bond acceptors (Lipinski definition) is 4. The zero-order chi connectivity index (χ0) is 27.0. The summed E-state index contributed by atoms with van der Waals surface area (Å²) in [5, 5.41) is 2.96. The molecule has 0 aromatic heterocycles. The highest BCUT2D eigenvalue weighted by Gasteiger charge is 2.27. The number of aryl methyl sites for hydroxylation is 2. The summed E-state index contributed by atoms with van der Waals surface area (Å²) < 4.78 is 27.3. The molecule has 0 heterocycles. The molecule has 1 N–H and O–H groups in total. The second-order valence-corrected chi connectivity index (χ2v) is 12.2. The number of anilines is 1. The molecule has 0 fully saturated rings. The van der Waals surface area contributed by atoms with Gasteiger partial charge in [0, 0.05) is 30.0 Å². The number of carbonyl (C=O) groups is 2. The SMILES string of the molecule is CC[C@H](C)NC(=O)[C@@H](C)N(Cc1ccc(Br)cc1)C(=O)CCCN(c1cc(C)cc(C)c1)S(C)(=O)=O. The minimum Gasteiger partial charge on any atom is -0.352 e. The molecule has 0 unspecified atom stereocenters. The van der Waals surface area contributed by atoms with Crippen LogP contribution in [0.25, 0.3) is 0 Å². The number of nitrogens with one attached hydrogen (secondary N) is 1. The van der Waals surface area contributed by atoms with Crippen molar-refractivity contribution in [1.29, 1.82) is 0 Å². The number of benzene rings is 2. The van der Waals surface area contributed by atoms with E-state index in [-0.39, 0.29) is 37.4 Å². The van der Waals surface area contributed by atoms with E-state index in [2.05, 4.69) is 21.2 Å². The van der Waals surface area contributed by atoms with Gasteiger partial charge in [-0.15, -0.1) is 0 Å². The predicted octanol–water partition coefficient (Wildman–Crippen LogP) is 4.94. The maximum atomic E-state index is 13.4. The molecule has 2 amide bonds. The topological polar surface area (TPSA) is 86.8 Å². The van der Waals surface area contributed by atoms with E-state index in [4.69, 9.17) is 0 Å². The van der Waals surface area contributed by atoms with Crippen molar-refractivity contribution in [3.8, 4) is 0 Å². The van der Waals surface area contributed by atoms with E-state index in [1.807, 2.05) is 70.2 Å². The van der Waals surface area contributed by atoms with E-state index in [9.17, 15) is 18.0 Å². The van der Waals surface area contributed by atoms with Crippen LogP contribution in [0.2, 0.25) is 0 Å². The number of nitrogens with zero attached hydrogens (tertiary/aromatic N) is 2. The lowest BCUT2D eigenvalue weighted by molar-refractivity contribution is -0.140. The average molecular weight is 581 g/mol. The molecule has 2 atom stereocenters. The van der Waals surface area contributed by atoms with Gasteiger partial charge in [0.1, 0.15) is 6.04 Å². The van der Waals surface area contributed by atoms with E-state index in [1.54, 1.807) is 11.8 Å². The molecule has 9 heteroatoms. The normalized spacial score (nSPS) is 13.1. The molecule has 7 nitrogen and oxygen atoms in total. The number of carbonyl (C=O) groups excluding carboxylic acids is 2. The summed E-state index contributed by atoms with van der Waals surface area (Å²) in [6.07, 6.45) is 2.41. The lowest BCUT2D eigenvalue weighted by atomic mass is 10.1. The summed E-state index contributed by atoms with van der Waals surface area (Å²) in [4.78, 5) is 27.8. The highest BCUT2D eigenvalue weighted by Crippen LogP contribution is 2.22. The standard InChI is InChI=1S/C27H38BrN3O4S/c1-7-21(4)29-27(33)22(5)30(18-23-10-12-24(28)13-11-23)26(32)9-8-14-31(36(6,34)35)25-16-19(2)15-20(3)17-25/h10-13,15-17,21-22H,7-9,14,18H2,1-6H3,(H,29,33)/t21-,22+/m0/s1. The van der Waals surface area contributed by atoms with Crippen LogP contribution in [0.3, 0.4) is 0 Å². The molecule has 36 heavy (non-hydrogen) atoms. The first kappa shape index (κ1) is 29.8. The fourth-order valence-corrected chi connectivity index (χ4v) is 5.15. The van der Waals surface area contributed by atoms with Crippen LogP contribution in [0.15, 0.2) is 46.9 Å². The summed E-state index contributed by atoms with van der Waals surface area (Å²) >= 11 is 3.42. The fraction of sp³-hybridized carbons (Fsp3) is 0.481. The molecule has 0 saturated carbocycles. The average Bonchev–Trinajstić information content (AvgIpc) is 2.79. The number of rotatable bonds is 12. The third kappa shape index (κ3) is 8.92. The third-order valence-corrected chi connectivity index (χ3v) is 7.80. The molecule has 0 spiro atoms. The third-order valence-electron chi connectivity index (χ3n) is 6.08. The number of sulfonamides is 1. The fourth-order valence-electron chi connectivity index (χ4n) is 3.93. The van der Waals surface area contributed by atoms with Crippen molar-refractivity contribution in [3.05, 3.63) is 63.6 Å². The predicted molar refractivity (Wildman–Crippen MR) is 149 cm³/mol. The van der Waals surface area contributed by atoms with Crippen molar-refractivity contribution in [2.75, 3.05) is 17.1 Å². The van der Waals surface area contributed by atoms with E-state index in [0.29, 0.717) is 12.1 Å². The van der Waals surface area contributed by atoms with Crippen LogP contribution in [0.1, 0.15) is 56.7 Å². The van der Waals surface area contributed by atoms with Crippen molar-refractivity contribution >= 4 is 43.5 Å². The number of halogens is 1. The van der Waals surface area contributed by atoms with Crippen LogP contribution >= 0.6 is 15.9 Å². The first-order chi connectivity index (χ1) is 16.8. The highest BCUT2D eigenvalue weighted by atomic mass is 79.9. The quantitative estimate of drug-likeness (QED) is 0.385. The Hall–Kier alpha value is -2.39. The molecule has 0 saturated heterocycles. The Kier molecular flexibility index (Phi) is 11.0. The van der Waals surface area contributed by atoms with Crippen LogP contribution in [-0.2, 0) is 26.2 Å². The molecule has 2 aromatic carbocycles. The first-order valence-electron chi connectivity index (χ1n) is 12.2. The Labute approximate surface area is 224 Å². The number of amides is 2. The summed E-state index contributed by atoms with van der Waals surface area (Å²) in [7, 11) is -3.53. The Morgan fingerprint density at radius 1 is 1.03 bits per heavy atom. The lowest BCUT2D eigenvalue weighted by Crippen LogP contribution is -2.49. The Balaban J connectivity index is 2.19. The van der Waals surface area contributed by atoms with Gasteiger partial charge in [0.05, 0.1) is 11.9 Å². The lowest BCUT2D eigenvalue weighted by Gasteiger charge is -2.30. The highest BCUT2D eigenvalue weighted by molar-refractivity contribution is 9.10. The van der Waals surface area contributed by atoms with Gasteiger partial charge in [-0.1, -0.05) is 41.1 Å². The van der Waals surface area contributed by atoms with Crippen LogP contribution in [-0.4, -0.2) is 50.0 Å². The van der Waals surface area contributed by atoms with Crippen molar-refractivity contribution in [1.82, 2.24) is 10.2 Å². The molecule has 0 radical (unpaired) electrons. The summed E-state index contributed by atoms with van der Waals surface area (Å²) in [6, 6.07) is 12.6. The van der Waals surface area contributed by atoms with Gasteiger partial charge in [-0.3, -0.25) is 13.9 Å². The molecular weight excluding hydrogens is 542 g/mol. The first-order valence-corrected chi connectivity index (χ1v) is 14.9. The van der Waals surface area contributed by atoms with Gasteiger partial charge in [0.15, 0.2) is 0 Å². The van der Waals surface area contributed by atoms with Gasteiger partial charge in [-0.25, -0.2) is 8.42 Å². The zero-order valence-electron chi connectivity index (χ0n) is 22.0. The molecule has 198 valence electrons. The Morgan fingerprint density at radius 3 is 2.14 bits per heavy atom. The maximum absolute atomic E-state index is 13.4. The molecule has 0 bridgehead atoms. The Bertz CT molecular complexity index is 1130.